The van der Waals surface area contributed by atoms with E-state index in [0.29, 0.717) is 17.2 Å². The molecule has 0 heterocycles. The van der Waals surface area contributed by atoms with Gasteiger partial charge in [0.15, 0.2) is 12.7 Å². The average molecular weight is 421 g/mol. The maximum atomic E-state index is 12.2. The van der Waals surface area contributed by atoms with Crippen molar-refractivity contribution in [2.24, 2.45) is 0 Å². The van der Waals surface area contributed by atoms with Gasteiger partial charge in [0, 0.05) is 5.02 Å². The highest BCUT2D eigenvalue weighted by Crippen LogP contribution is 2.22. The highest BCUT2D eigenvalue weighted by Gasteiger charge is 2.21. The molecule has 0 fully saturated rings. The molecule has 0 saturated carbocycles. The average Bonchev–Trinajstić information content (AvgIpc) is 2.74. The van der Waals surface area contributed by atoms with Crippen LogP contribution in [0.1, 0.15) is 23.7 Å². The molecule has 8 nitrogen and oxygen atoms in total. The van der Waals surface area contributed by atoms with Crippen LogP contribution in [0.2, 0.25) is 5.02 Å². The monoisotopic (exact) mass is 420 g/mol. The van der Waals surface area contributed by atoms with Crippen molar-refractivity contribution in [2.45, 2.75) is 19.4 Å². The molecule has 0 aliphatic rings. The number of rotatable bonds is 8. The van der Waals surface area contributed by atoms with Crippen LogP contribution in [0.15, 0.2) is 48.5 Å². The molecule has 9 heteroatoms. The third-order valence-corrected chi connectivity index (χ3v) is 3.96. The molecule has 0 radical (unpaired) electrons. The fourth-order valence-electron chi connectivity index (χ4n) is 2.28. The van der Waals surface area contributed by atoms with Crippen LogP contribution in [0.25, 0.3) is 0 Å². The second-order valence-corrected chi connectivity index (χ2v) is 6.22. The number of nitrogens with one attached hydrogen (secondary N) is 2. The third-order valence-electron chi connectivity index (χ3n) is 3.72. The van der Waals surface area contributed by atoms with Crippen molar-refractivity contribution in [3.63, 3.8) is 0 Å². The Bertz CT molecular complexity index is 859. The van der Waals surface area contributed by atoms with Crippen LogP contribution in [0, 0.1) is 0 Å². The van der Waals surface area contributed by atoms with E-state index in [1.54, 1.807) is 37.3 Å². The molecule has 0 aromatic heterocycles. The Morgan fingerprint density at radius 1 is 1.07 bits per heavy atom. The van der Waals surface area contributed by atoms with E-state index in [2.05, 4.69) is 10.9 Å². The molecule has 2 N–H and O–H groups in total. The van der Waals surface area contributed by atoms with E-state index in [1.807, 2.05) is 6.07 Å². The second-order valence-electron chi connectivity index (χ2n) is 5.78. The number of esters is 1. The molecule has 2 aromatic rings. The van der Waals surface area contributed by atoms with Gasteiger partial charge in [0.25, 0.3) is 11.8 Å². The fourth-order valence-corrected chi connectivity index (χ4v) is 2.45. The maximum Gasteiger partial charge on any atom is 0.347 e. The van der Waals surface area contributed by atoms with Crippen LogP contribution < -0.4 is 20.3 Å². The number of benzene rings is 2. The van der Waals surface area contributed by atoms with E-state index in [-0.39, 0.29) is 11.3 Å². The van der Waals surface area contributed by atoms with Gasteiger partial charge in [-0.25, -0.2) is 4.79 Å². The van der Waals surface area contributed by atoms with Crippen LogP contribution >= 0.6 is 11.6 Å². The van der Waals surface area contributed by atoms with Crippen LogP contribution in [0.3, 0.4) is 0 Å². The Morgan fingerprint density at radius 2 is 1.79 bits per heavy atom. The first kappa shape index (κ1) is 22.0. The minimum absolute atomic E-state index is 0.139. The Labute approximate surface area is 173 Å². The Balaban J connectivity index is 1.82. The third kappa shape index (κ3) is 6.69. The first-order chi connectivity index (χ1) is 13.9. The van der Waals surface area contributed by atoms with Gasteiger partial charge in [0.05, 0.1) is 12.7 Å². The SMILES string of the molecule is CC[C@@H](Oc1ccccc1)C(=O)OCC(=O)NNC(=O)c1cc(Cl)ccc1OC. The summed E-state index contributed by atoms with van der Waals surface area (Å²) in [6.45, 7) is 1.17. The van der Waals surface area contributed by atoms with Crippen molar-refractivity contribution in [3.8, 4) is 11.5 Å². The highest BCUT2D eigenvalue weighted by molar-refractivity contribution is 6.31. The molecule has 2 rings (SSSR count). The van der Waals surface area contributed by atoms with Crippen LogP contribution in [-0.2, 0) is 14.3 Å². The summed E-state index contributed by atoms with van der Waals surface area (Å²) < 4.78 is 15.6. The van der Waals surface area contributed by atoms with Gasteiger partial charge in [0.1, 0.15) is 11.5 Å². The summed E-state index contributed by atoms with van der Waals surface area (Å²) in [4.78, 5) is 36.2. The van der Waals surface area contributed by atoms with Gasteiger partial charge >= 0.3 is 5.97 Å². The highest BCUT2D eigenvalue weighted by atomic mass is 35.5. The Hall–Kier alpha value is -3.26. The molecule has 0 spiro atoms. The number of ether oxygens (including phenoxy) is 3. The van der Waals surface area contributed by atoms with Crippen LogP contribution in [0.4, 0.5) is 0 Å². The molecule has 0 unspecified atom stereocenters. The number of para-hydroxylation sites is 1. The number of carbonyl (C=O) groups excluding carboxylic acids is 3. The zero-order valence-electron chi connectivity index (χ0n) is 15.9. The molecule has 2 amide bonds. The van der Waals surface area contributed by atoms with Crippen molar-refractivity contribution >= 4 is 29.4 Å². The lowest BCUT2D eigenvalue weighted by Gasteiger charge is -2.16. The normalized spacial score (nSPS) is 11.1. The smallest absolute Gasteiger partial charge is 0.347 e. The number of hydrogen-bond donors (Lipinski definition) is 2. The van der Waals surface area contributed by atoms with E-state index in [4.69, 9.17) is 25.8 Å². The molecule has 0 aliphatic carbocycles. The van der Waals surface area contributed by atoms with Gasteiger partial charge < -0.3 is 14.2 Å². The zero-order valence-corrected chi connectivity index (χ0v) is 16.7. The van der Waals surface area contributed by atoms with E-state index in [9.17, 15) is 14.4 Å². The number of carbonyl (C=O) groups is 3. The van der Waals surface area contributed by atoms with Crippen molar-refractivity contribution in [3.05, 3.63) is 59.1 Å². The van der Waals surface area contributed by atoms with Gasteiger partial charge in [-0.05, 0) is 36.8 Å². The van der Waals surface area contributed by atoms with E-state index < -0.39 is 30.5 Å². The van der Waals surface area contributed by atoms with Gasteiger partial charge in [-0.2, -0.15) is 0 Å². The van der Waals surface area contributed by atoms with Gasteiger partial charge in [-0.15, -0.1) is 0 Å². The number of amides is 2. The predicted octanol–water partition coefficient (Wildman–Crippen LogP) is 2.51. The van der Waals surface area contributed by atoms with Gasteiger partial charge in [-0.3, -0.25) is 20.4 Å². The van der Waals surface area contributed by atoms with Crippen molar-refractivity contribution in [2.75, 3.05) is 13.7 Å². The molecule has 29 heavy (non-hydrogen) atoms. The number of methoxy groups -OCH3 is 1. The molecular formula is C20H21ClN2O6. The van der Waals surface area contributed by atoms with Crippen molar-refractivity contribution in [1.29, 1.82) is 0 Å². The topological polar surface area (TPSA) is 103 Å². The summed E-state index contributed by atoms with van der Waals surface area (Å²) in [7, 11) is 1.40. The quantitative estimate of drug-likeness (QED) is 0.502. The summed E-state index contributed by atoms with van der Waals surface area (Å²) in [5, 5.41) is 0.334. The minimum Gasteiger partial charge on any atom is -0.496 e. The summed E-state index contributed by atoms with van der Waals surface area (Å²) in [6.07, 6.45) is -0.490. The molecule has 1 atom stereocenters. The lowest BCUT2D eigenvalue weighted by Crippen LogP contribution is -2.44. The summed E-state index contributed by atoms with van der Waals surface area (Å²) in [5.41, 5.74) is 4.50. The van der Waals surface area contributed by atoms with Gasteiger partial charge in [-0.1, -0.05) is 36.7 Å². The minimum atomic E-state index is -0.851. The van der Waals surface area contributed by atoms with Gasteiger partial charge in [0.2, 0.25) is 0 Å². The lowest BCUT2D eigenvalue weighted by molar-refractivity contribution is -0.155. The Kier molecular flexibility index (Phi) is 8.29. The first-order valence-corrected chi connectivity index (χ1v) is 9.13. The summed E-state index contributed by atoms with van der Waals surface area (Å²) in [5.74, 6) is -1.24. The lowest BCUT2D eigenvalue weighted by atomic mass is 10.2. The molecule has 154 valence electrons. The first-order valence-electron chi connectivity index (χ1n) is 8.75. The number of halogens is 1. The molecule has 0 aliphatic heterocycles. The standard InChI is InChI=1S/C20H21ClN2O6/c1-3-16(29-14-7-5-4-6-8-14)20(26)28-12-18(24)22-23-19(25)15-11-13(21)9-10-17(15)27-2/h4-11,16H,3,12H2,1-2H3,(H,22,24)(H,23,25)/t16-/m1/s1. The molecule has 2 aromatic carbocycles. The molecular weight excluding hydrogens is 400 g/mol. The van der Waals surface area contributed by atoms with Crippen molar-refractivity contribution < 1.29 is 28.6 Å². The fraction of sp³-hybridized carbons (Fsp3) is 0.250. The Morgan fingerprint density at radius 3 is 2.45 bits per heavy atom. The molecule has 0 bridgehead atoms. The largest absolute Gasteiger partial charge is 0.496 e. The van der Waals surface area contributed by atoms with E-state index in [0.717, 1.165) is 0 Å². The second kappa shape index (κ2) is 10.9. The van der Waals surface area contributed by atoms with E-state index in [1.165, 1.54) is 19.2 Å². The number of hydrazine groups is 1. The van der Waals surface area contributed by atoms with Crippen LogP contribution in [-0.4, -0.2) is 37.6 Å². The summed E-state index contributed by atoms with van der Waals surface area (Å²) in [6, 6.07) is 13.3. The number of hydrogen-bond acceptors (Lipinski definition) is 6. The zero-order chi connectivity index (χ0) is 21.2. The molecule has 0 saturated heterocycles. The summed E-state index contributed by atoms with van der Waals surface area (Å²) >= 11 is 5.87. The predicted molar refractivity (Wildman–Crippen MR) is 106 cm³/mol. The van der Waals surface area contributed by atoms with Crippen LogP contribution in [0.5, 0.6) is 11.5 Å². The van der Waals surface area contributed by atoms with E-state index >= 15 is 0 Å². The van der Waals surface area contributed by atoms with Crippen molar-refractivity contribution in [1.82, 2.24) is 10.9 Å². The maximum absolute atomic E-state index is 12.2.